The van der Waals surface area contributed by atoms with Crippen molar-refractivity contribution in [1.82, 2.24) is 0 Å². The summed E-state index contributed by atoms with van der Waals surface area (Å²) in [5, 5.41) is 18.8. The normalized spacial score (nSPS) is 17.9. The lowest BCUT2D eigenvalue weighted by Crippen LogP contribution is -2.34. The zero-order chi connectivity index (χ0) is 11.3. The predicted molar refractivity (Wildman–Crippen MR) is 56.0 cm³/mol. The second-order valence-corrected chi connectivity index (χ2v) is 4.05. The van der Waals surface area contributed by atoms with E-state index in [-0.39, 0.29) is 11.8 Å². The van der Waals surface area contributed by atoms with Gasteiger partial charge in [0, 0.05) is 0 Å². The number of rotatable bonds is 6. The molecule has 3 unspecified atom stereocenters. The highest BCUT2D eigenvalue weighted by Crippen LogP contribution is 2.25. The Morgan fingerprint density at radius 2 is 1.64 bits per heavy atom. The van der Waals surface area contributed by atoms with Crippen molar-refractivity contribution in [2.45, 2.75) is 46.6 Å². The fourth-order valence-electron chi connectivity index (χ4n) is 1.72. The Labute approximate surface area is 86.1 Å². The SMILES string of the molecule is CCC(CC)C(O)C(C)C(C)C(=O)O. The number of aliphatic hydroxyl groups is 1. The average molecular weight is 202 g/mol. The van der Waals surface area contributed by atoms with Crippen LogP contribution in [0.1, 0.15) is 40.5 Å². The summed E-state index contributed by atoms with van der Waals surface area (Å²) in [6.45, 7) is 7.51. The van der Waals surface area contributed by atoms with Crippen molar-refractivity contribution >= 4 is 5.97 Å². The zero-order valence-electron chi connectivity index (χ0n) is 9.53. The van der Waals surface area contributed by atoms with Crippen molar-refractivity contribution in [1.29, 1.82) is 0 Å². The van der Waals surface area contributed by atoms with Gasteiger partial charge in [-0.1, -0.05) is 40.5 Å². The lowest BCUT2D eigenvalue weighted by molar-refractivity contribution is -0.145. The van der Waals surface area contributed by atoms with Gasteiger partial charge >= 0.3 is 5.97 Å². The van der Waals surface area contributed by atoms with Gasteiger partial charge in [0.25, 0.3) is 0 Å². The van der Waals surface area contributed by atoms with Crippen LogP contribution in [0, 0.1) is 17.8 Å². The van der Waals surface area contributed by atoms with Crippen LogP contribution in [0.4, 0.5) is 0 Å². The zero-order valence-corrected chi connectivity index (χ0v) is 9.53. The van der Waals surface area contributed by atoms with Crippen LogP contribution < -0.4 is 0 Å². The summed E-state index contributed by atoms with van der Waals surface area (Å²) in [6, 6.07) is 0. The molecule has 0 spiro atoms. The highest BCUT2D eigenvalue weighted by atomic mass is 16.4. The van der Waals surface area contributed by atoms with E-state index in [4.69, 9.17) is 5.11 Å². The van der Waals surface area contributed by atoms with E-state index in [1.54, 1.807) is 6.92 Å². The molecule has 3 atom stereocenters. The van der Waals surface area contributed by atoms with E-state index in [9.17, 15) is 9.90 Å². The monoisotopic (exact) mass is 202 g/mol. The molecule has 0 saturated carbocycles. The van der Waals surface area contributed by atoms with E-state index in [0.717, 1.165) is 12.8 Å². The summed E-state index contributed by atoms with van der Waals surface area (Å²) in [5.74, 6) is -1.28. The van der Waals surface area contributed by atoms with E-state index in [1.165, 1.54) is 0 Å². The van der Waals surface area contributed by atoms with Crippen LogP contribution >= 0.6 is 0 Å². The van der Waals surface area contributed by atoms with Gasteiger partial charge < -0.3 is 10.2 Å². The van der Waals surface area contributed by atoms with E-state index in [0.29, 0.717) is 0 Å². The van der Waals surface area contributed by atoms with Crippen molar-refractivity contribution < 1.29 is 15.0 Å². The molecule has 84 valence electrons. The minimum absolute atomic E-state index is 0.183. The molecule has 3 heteroatoms. The van der Waals surface area contributed by atoms with Gasteiger partial charge in [-0.05, 0) is 11.8 Å². The Kier molecular flexibility index (Phi) is 5.77. The third-order valence-corrected chi connectivity index (χ3v) is 3.25. The number of aliphatic carboxylic acids is 1. The lowest BCUT2D eigenvalue weighted by Gasteiger charge is -2.28. The lowest BCUT2D eigenvalue weighted by atomic mass is 9.82. The molecule has 0 radical (unpaired) electrons. The molecular formula is C11H22O3. The Morgan fingerprint density at radius 1 is 1.21 bits per heavy atom. The maximum atomic E-state index is 10.7. The third-order valence-electron chi connectivity index (χ3n) is 3.25. The summed E-state index contributed by atoms with van der Waals surface area (Å²) >= 11 is 0. The number of carboxylic acid groups (broad SMARTS) is 1. The maximum Gasteiger partial charge on any atom is 0.306 e. The minimum atomic E-state index is -0.831. The molecule has 3 nitrogen and oxygen atoms in total. The number of carbonyl (C=O) groups is 1. The highest BCUT2D eigenvalue weighted by molar-refractivity contribution is 5.69. The topological polar surface area (TPSA) is 57.5 Å². The Morgan fingerprint density at radius 3 is 1.93 bits per heavy atom. The van der Waals surface area contributed by atoms with Crippen molar-refractivity contribution in [2.75, 3.05) is 0 Å². The first-order valence-corrected chi connectivity index (χ1v) is 5.36. The van der Waals surface area contributed by atoms with Crippen molar-refractivity contribution in [3.8, 4) is 0 Å². The molecule has 0 amide bonds. The van der Waals surface area contributed by atoms with Crippen LogP contribution in [0.3, 0.4) is 0 Å². The molecule has 14 heavy (non-hydrogen) atoms. The quantitative estimate of drug-likeness (QED) is 0.693. The number of hydrogen-bond acceptors (Lipinski definition) is 2. The van der Waals surface area contributed by atoms with Gasteiger partial charge in [-0.15, -0.1) is 0 Å². The van der Waals surface area contributed by atoms with Gasteiger partial charge in [0.15, 0.2) is 0 Å². The average Bonchev–Trinajstić information content (AvgIpc) is 2.17. The van der Waals surface area contributed by atoms with Gasteiger partial charge in [-0.3, -0.25) is 4.79 Å². The van der Waals surface area contributed by atoms with Crippen LogP contribution in [0.15, 0.2) is 0 Å². The molecule has 0 bridgehead atoms. The van der Waals surface area contributed by atoms with Gasteiger partial charge in [-0.2, -0.15) is 0 Å². The molecule has 0 aliphatic carbocycles. The molecule has 0 rings (SSSR count). The molecule has 0 aromatic heterocycles. The standard InChI is InChI=1S/C11H22O3/c1-5-9(6-2)10(12)7(3)8(4)11(13)14/h7-10,12H,5-6H2,1-4H3,(H,13,14). The first kappa shape index (κ1) is 13.4. The third kappa shape index (κ3) is 3.29. The Hall–Kier alpha value is -0.570. The molecule has 0 aromatic rings. The number of carboxylic acids is 1. The highest BCUT2D eigenvalue weighted by Gasteiger charge is 2.29. The molecular weight excluding hydrogens is 180 g/mol. The maximum absolute atomic E-state index is 10.7. The van der Waals surface area contributed by atoms with Crippen molar-refractivity contribution in [3.63, 3.8) is 0 Å². The van der Waals surface area contributed by atoms with Crippen LogP contribution in [-0.4, -0.2) is 22.3 Å². The molecule has 0 fully saturated rings. The molecule has 0 aliphatic rings. The molecule has 2 N–H and O–H groups in total. The predicted octanol–water partition coefficient (Wildman–Crippen LogP) is 2.14. The summed E-state index contributed by atoms with van der Waals surface area (Å²) in [7, 11) is 0. The van der Waals surface area contributed by atoms with Crippen molar-refractivity contribution in [3.05, 3.63) is 0 Å². The number of aliphatic hydroxyl groups excluding tert-OH is 1. The smallest absolute Gasteiger partial charge is 0.306 e. The second-order valence-electron chi connectivity index (χ2n) is 4.05. The van der Waals surface area contributed by atoms with Crippen LogP contribution in [0.25, 0.3) is 0 Å². The second kappa shape index (κ2) is 6.02. The van der Waals surface area contributed by atoms with Gasteiger partial charge in [0.2, 0.25) is 0 Å². The van der Waals surface area contributed by atoms with E-state index in [2.05, 4.69) is 0 Å². The Balaban J connectivity index is 4.35. The minimum Gasteiger partial charge on any atom is -0.481 e. The summed E-state index contributed by atoms with van der Waals surface area (Å²) in [4.78, 5) is 10.7. The first-order chi connectivity index (χ1) is 6.45. The van der Waals surface area contributed by atoms with Gasteiger partial charge in [-0.25, -0.2) is 0 Å². The molecule has 0 aromatic carbocycles. The number of hydrogen-bond donors (Lipinski definition) is 2. The Bertz CT molecular complexity index is 175. The van der Waals surface area contributed by atoms with E-state index >= 15 is 0 Å². The summed E-state index contributed by atoms with van der Waals surface area (Å²) in [6.07, 6.45) is 1.29. The molecule has 0 heterocycles. The van der Waals surface area contributed by atoms with Crippen LogP contribution in [0.5, 0.6) is 0 Å². The summed E-state index contributed by atoms with van der Waals surface area (Å²) < 4.78 is 0. The van der Waals surface area contributed by atoms with Crippen LogP contribution in [0.2, 0.25) is 0 Å². The van der Waals surface area contributed by atoms with Gasteiger partial charge in [0.05, 0.1) is 12.0 Å². The summed E-state index contributed by atoms with van der Waals surface area (Å²) in [5.41, 5.74) is 0. The fraction of sp³-hybridized carbons (Fsp3) is 0.909. The largest absolute Gasteiger partial charge is 0.481 e. The van der Waals surface area contributed by atoms with Crippen LogP contribution in [-0.2, 0) is 4.79 Å². The van der Waals surface area contributed by atoms with Gasteiger partial charge in [0.1, 0.15) is 0 Å². The van der Waals surface area contributed by atoms with E-state index in [1.807, 2.05) is 20.8 Å². The fourth-order valence-corrected chi connectivity index (χ4v) is 1.72. The molecule has 0 aliphatic heterocycles. The molecule has 0 saturated heterocycles. The first-order valence-electron chi connectivity index (χ1n) is 5.36. The van der Waals surface area contributed by atoms with Crippen molar-refractivity contribution in [2.24, 2.45) is 17.8 Å². The van der Waals surface area contributed by atoms with E-state index < -0.39 is 18.0 Å².